The van der Waals surface area contributed by atoms with Crippen molar-refractivity contribution >= 4 is 26.7 Å². The summed E-state index contributed by atoms with van der Waals surface area (Å²) >= 11 is 3.45. The molecule has 0 bridgehead atoms. The van der Waals surface area contributed by atoms with Gasteiger partial charge in [-0.25, -0.2) is 4.21 Å². The van der Waals surface area contributed by atoms with Crippen molar-refractivity contribution in [2.24, 2.45) is 0 Å². The Hall–Kier alpha value is -0.930. The Kier molecular flexibility index (Phi) is 2.45. The molecule has 1 aliphatic rings. The molecule has 3 heteroatoms. The Morgan fingerprint density at radius 1 is 1.00 bits per heavy atom. The fraction of sp³-hybridized carbons (Fsp3) is 0.0769. The Labute approximate surface area is 105 Å². The first kappa shape index (κ1) is 10.2. The van der Waals surface area contributed by atoms with Crippen LogP contribution in [0.1, 0.15) is 11.1 Å². The van der Waals surface area contributed by atoms with E-state index in [9.17, 15) is 4.21 Å². The van der Waals surface area contributed by atoms with E-state index in [1.54, 1.807) is 0 Å². The maximum atomic E-state index is 12.3. The van der Waals surface area contributed by atoms with Gasteiger partial charge in [0.15, 0.2) is 0 Å². The Morgan fingerprint density at radius 3 is 2.62 bits per heavy atom. The first-order valence-electron chi connectivity index (χ1n) is 5.04. The van der Waals surface area contributed by atoms with E-state index in [2.05, 4.69) is 28.1 Å². The lowest BCUT2D eigenvalue weighted by molar-refractivity contribution is 0.679. The summed E-state index contributed by atoms with van der Waals surface area (Å²) in [6.07, 6.45) is 0.872. The molecular weight excluding hydrogens is 284 g/mol. The fourth-order valence-corrected chi connectivity index (χ4v) is 3.81. The van der Waals surface area contributed by atoms with Crippen LogP contribution in [-0.2, 0) is 17.2 Å². The van der Waals surface area contributed by atoms with Crippen LogP contribution >= 0.6 is 15.9 Å². The van der Waals surface area contributed by atoms with Crippen LogP contribution in [0.4, 0.5) is 0 Å². The highest BCUT2D eigenvalue weighted by molar-refractivity contribution is 9.10. The highest BCUT2D eigenvalue weighted by Gasteiger charge is 2.21. The molecule has 2 aromatic carbocycles. The van der Waals surface area contributed by atoms with E-state index in [-0.39, 0.29) is 0 Å². The predicted molar refractivity (Wildman–Crippen MR) is 68.1 cm³/mol. The van der Waals surface area contributed by atoms with E-state index in [0.29, 0.717) is 0 Å². The largest absolute Gasteiger partial charge is 0.249 e. The minimum absolute atomic E-state index is 0.872. The van der Waals surface area contributed by atoms with E-state index in [4.69, 9.17) is 0 Å². The molecule has 1 aliphatic heterocycles. The van der Waals surface area contributed by atoms with Crippen LogP contribution in [-0.4, -0.2) is 4.21 Å². The molecule has 0 saturated carbocycles. The van der Waals surface area contributed by atoms with Gasteiger partial charge >= 0.3 is 0 Å². The molecule has 0 spiro atoms. The molecule has 0 radical (unpaired) electrons. The summed E-state index contributed by atoms with van der Waals surface area (Å²) in [5.41, 5.74) is 2.33. The predicted octanol–water partition coefficient (Wildman–Crippen LogP) is 3.52. The van der Waals surface area contributed by atoms with Crippen molar-refractivity contribution in [1.29, 1.82) is 0 Å². The third-order valence-electron chi connectivity index (χ3n) is 2.78. The third kappa shape index (κ3) is 1.55. The van der Waals surface area contributed by atoms with E-state index >= 15 is 0 Å². The number of halogens is 1. The molecular formula is C13H9BrOS. The average molecular weight is 293 g/mol. The van der Waals surface area contributed by atoms with Gasteiger partial charge in [-0.2, -0.15) is 0 Å². The number of rotatable bonds is 0. The molecule has 3 rings (SSSR count). The zero-order valence-electron chi connectivity index (χ0n) is 8.44. The molecule has 1 heterocycles. The van der Waals surface area contributed by atoms with Crippen LogP contribution in [0.2, 0.25) is 0 Å². The topological polar surface area (TPSA) is 17.1 Å². The van der Waals surface area contributed by atoms with Gasteiger partial charge in [-0.1, -0.05) is 34.1 Å². The molecule has 0 N–H and O–H groups in total. The van der Waals surface area contributed by atoms with Crippen molar-refractivity contribution in [3.8, 4) is 0 Å². The molecule has 1 nitrogen and oxygen atoms in total. The third-order valence-corrected chi connectivity index (χ3v) is 4.86. The summed E-state index contributed by atoms with van der Waals surface area (Å²) in [4.78, 5) is 1.90. The van der Waals surface area contributed by atoms with E-state index < -0.39 is 10.8 Å². The van der Waals surface area contributed by atoms with Crippen LogP contribution in [0.5, 0.6) is 0 Å². The maximum absolute atomic E-state index is 12.3. The second-order valence-corrected chi connectivity index (χ2v) is 6.14. The smallest absolute Gasteiger partial charge is 0.0855 e. The molecule has 16 heavy (non-hydrogen) atoms. The lowest BCUT2D eigenvalue weighted by Crippen LogP contribution is -2.08. The zero-order chi connectivity index (χ0) is 11.1. The maximum Gasteiger partial charge on any atom is 0.0855 e. The van der Waals surface area contributed by atoms with Gasteiger partial charge in [0.1, 0.15) is 0 Å². The number of hydrogen-bond acceptors (Lipinski definition) is 1. The summed E-state index contributed by atoms with van der Waals surface area (Å²) in [6, 6.07) is 13.9. The SMILES string of the molecule is O=[S@]1c2ccccc2Cc2cc(Br)ccc21. The second kappa shape index (κ2) is 3.82. The first-order valence-corrected chi connectivity index (χ1v) is 6.98. The summed E-state index contributed by atoms with van der Waals surface area (Å²) in [5, 5.41) is 0. The summed E-state index contributed by atoms with van der Waals surface area (Å²) < 4.78 is 13.4. The molecule has 0 unspecified atom stereocenters. The fourth-order valence-electron chi connectivity index (χ4n) is 2.02. The van der Waals surface area contributed by atoms with Gasteiger partial charge in [0.05, 0.1) is 10.8 Å². The number of benzene rings is 2. The molecule has 0 aliphatic carbocycles. The monoisotopic (exact) mass is 292 g/mol. The summed E-state index contributed by atoms with van der Waals surface area (Å²) in [7, 11) is -1.02. The van der Waals surface area contributed by atoms with Gasteiger partial charge in [-0.3, -0.25) is 0 Å². The lowest BCUT2D eigenvalue weighted by Gasteiger charge is -2.18. The van der Waals surface area contributed by atoms with E-state index in [1.165, 1.54) is 5.56 Å². The molecule has 0 fully saturated rings. The van der Waals surface area contributed by atoms with Crippen LogP contribution in [0.3, 0.4) is 0 Å². The van der Waals surface area contributed by atoms with Crippen LogP contribution in [0, 0.1) is 0 Å². The second-order valence-electron chi connectivity index (χ2n) is 3.81. The minimum atomic E-state index is -1.02. The Bertz CT molecular complexity index is 592. The van der Waals surface area contributed by atoms with E-state index in [0.717, 1.165) is 26.2 Å². The molecule has 0 amide bonds. The number of hydrogen-bond donors (Lipinski definition) is 0. The van der Waals surface area contributed by atoms with Crippen molar-refractivity contribution in [2.45, 2.75) is 16.2 Å². The molecule has 2 aromatic rings. The molecule has 1 atom stereocenters. The Morgan fingerprint density at radius 2 is 1.75 bits per heavy atom. The molecule has 0 aromatic heterocycles. The highest BCUT2D eigenvalue weighted by Crippen LogP contribution is 2.32. The van der Waals surface area contributed by atoms with Crippen molar-refractivity contribution < 1.29 is 4.21 Å². The summed E-state index contributed by atoms with van der Waals surface area (Å²) in [6.45, 7) is 0. The Balaban J connectivity index is 2.22. The van der Waals surface area contributed by atoms with Crippen LogP contribution in [0.25, 0.3) is 0 Å². The van der Waals surface area contributed by atoms with Crippen molar-refractivity contribution in [3.63, 3.8) is 0 Å². The average Bonchev–Trinajstić information content (AvgIpc) is 2.29. The van der Waals surface area contributed by atoms with Gasteiger partial charge in [0, 0.05) is 14.3 Å². The number of fused-ring (bicyclic) bond motifs is 2. The highest BCUT2D eigenvalue weighted by atomic mass is 79.9. The van der Waals surface area contributed by atoms with Gasteiger partial charge in [0.2, 0.25) is 0 Å². The van der Waals surface area contributed by atoms with Crippen molar-refractivity contribution in [1.82, 2.24) is 0 Å². The van der Waals surface area contributed by atoms with Gasteiger partial charge < -0.3 is 0 Å². The van der Waals surface area contributed by atoms with Crippen LogP contribution < -0.4 is 0 Å². The zero-order valence-corrected chi connectivity index (χ0v) is 10.8. The van der Waals surface area contributed by atoms with E-state index in [1.807, 2.05) is 30.3 Å². The quantitative estimate of drug-likeness (QED) is 0.620. The minimum Gasteiger partial charge on any atom is -0.249 e. The van der Waals surface area contributed by atoms with Gasteiger partial charge in [-0.15, -0.1) is 0 Å². The first-order chi connectivity index (χ1) is 7.75. The lowest BCUT2D eigenvalue weighted by atomic mass is 10.0. The normalized spacial score (nSPS) is 17.7. The molecule has 0 saturated heterocycles. The van der Waals surface area contributed by atoms with Crippen molar-refractivity contribution in [2.75, 3.05) is 0 Å². The standard InChI is InChI=1S/C13H9BrOS/c14-11-5-6-13-10(8-11)7-9-3-1-2-4-12(9)16(13)15/h1-6,8H,7H2/t16-/m0/s1. The van der Waals surface area contributed by atoms with Crippen LogP contribution in [0.15, 0.2) is 56.7 Å². The molecule has 80 valence electrons. The van der Waals surface area contributed by atoms with Gasteiger partial charge in [0.25, 0.3) is 0 Å². The van der Waals surface area contributed by atoms with Gasteiger partial charge in [-0.05, 0) is 41.8 Å². The summed E-state index contributed by atoms with van der Waals surface area (Å²) in [5.74, 6) is 0. The van der Waals surface area contributed by atoms with Crippen molar-refractivity contribution in [3.05, 3.63) is 58.1 Å².